The number of carbonyl (C=O) groups excluding carboxylic acids is 2. The van der Waals surface area contributed by atoms with Crippen molar-refractivity contribution in [2.24, 2.45) is 5.92 Å². The molecule has 0 saturated carbocycles. The third kappa shape index (κ3) is 3.98. The number of carbonyl (C=O) groups is 2. The van der Waals surface area contributed by atoms with E-state index in [0.29, 0.717) is 13.2 Å². The molecule has 92 valence electrons. The molecule has 1 saturated heterocycles. The van der Waals surface area contributed by atoms with Crippen molar-refractivity contribution in [1.29, 1.82) is 0 Å². The van der Waals surface area contributed by atoms with E-state index in [1.807, 2.05) is 0 Å². The van der Waals surface area contributed by atoms with Gasteiger partial charge in [-0.25, -0.2) is 0 Å². The van der Waals surface area contributed by atoms with Crippen LogP contribution in [0.5, 0.6) is 0 Å². The molecule has 0 aliphatic carbocycles. The summed E-state index contributed by atoms with van der Waals surface area (Å²) in [4.78, 5) is 22.6. The summed E-state index contributed by atoms with van der Waals surface area (Å²) >= 11 is 5.70. The predicted molar refractivity (Wildman–Crippen MR) is 58.2 cm³/mol. The molecular weight excluding hydrogens is 234 g/mol. The van der Waals surface area contributed by atoms with Gasteiger partial charge in [0.25, 0.3) is 0 Å². The zero-order valence-electron chi connectivity index (χ0n) is 9.20. The highest BCUT2D eigenvalue weighted by molar-refractivity contribution is 6.30. The van der Waals surface area contributed by atoms with Gasteiger partial charge in [-0.15, -0.1) is 11.6 Å². The van der Waals surface area contributed by atoms with Gasteiger partial charge in [-0.1, -0.05) is 0 Å². The van der Waals surface area contributed by atoms with E-state index in [0.717, 1.165) is 12.8 Å². The summed E-state index contributed by atoms with van der Waals surface area (Å²) in [5, 5.41) is 1.81. The van der Waals surface area contributed by atoms with Gasteiger partial charge in [0.15, 0.2) is 0 Å². The Morgan fingerprint density at radius 3 is 2.69 bits per heavy atom. The number of halogens is 1. The highest BCUT2D eigenvalue weighted by atomic mass is 35.5. The minimum absolute atomic E-state index is 0.0322. The molecule has 1 unspecified atom stereocenters. The second-order valence-electron chi connectivity index (χ2n) is 3.62. The summed E-state index contributed by atoms with van der Waals surface area (Å²) in [6.45, 7) is 1.32. The van der Waals surface area contributed by atoms with Crippen LogP contribution in [0.25, 0.3) is 0 Å². The Kier molecular flexibility index (Phi) is 5.55. The Hall–Kier alpha value is -0.810. The molecule has 1 aliphatic heterocycles. The molecule has 1 fully saturated rings. The van der Waals surface area contributed by atoms with Crippen molar-refractivity contribution in [1.82, 2.24) is 5.32 Å². The highest BCUT2D eigenvalue weighted by Crippen LogP contribution is 2.14. The number of esters is 1. The molecule has 0 aromatic heterocycles. The number of alkyl halides is 1. The Morgan fingerprint density at radius 1 is 1.50 bits per heavy atom. The molecule has 16 heavy (non-hydrogen) atoms. The van der Waals surface area contributed by atoms with Gasteiger partial charge in [-0.05, 0) is 12.8 Å². The Labute approximate surface area is 99.4 Å². The summed E-state index contributed by atoms with van der Waals surface area (Å²) in [7, 11) is 1.26. The number of hydrogen-bond acceptors (Lipinski definition) is 4. The SMILES string of the molecule is COC(=O)C(Cl)CNC(=O)C1CCOCC1. The third-order valence-corrected chi connectivity index (χ3v) is 2.84. The Balaban J connectivity index is 2.26. The van der Waals surface area contributed by atoms with Crippen LogP contribution in [-0.4, -0.2) is 44.1 Å². The molecule has 1 amide bonds. The molecule has 1 rings (SSSR count). The maximum absolute atomic E-state index is 11.6. The van der Waals surface area contributed by atoms with Crippen LogP contribution in [0.2, 0.25) is 0 Å². The van der Waals surface area contributed by atoms with Crippen molar-refractivity contribution in [3.05, 3.63) is 0 Å². The van der Waals surface area contributed by atoms with Gasteiger partial charge in [0, 0.05) is 25.7 Å². The zero-order chi connectivity index (χ0) is 12.0. The number of ether oxygens (including phenoxy) is 2. The summed E-state index contributed by atoms with van der Waals surface area (Å²) < 4.78 is 9.60. The first-order valence-corrected chi connectivity index (χ1v) is 5.66. The average Bonchev–Trinajstić information content (AvgIpc) is 2.35. The van der Waals surface area contributed by atoms with Crippen molar-refractivity contribution in [2.75, 3.05) is 26.9 Å². The number of amides is 1. The lowest BCUT2D eigenvalue weighted by Gasteiger charge is -2.21. The van der Waals surface area contributed by atoms with Gasteiger partial charge in [0.2, 0.25) is 5.91 Å². The highest BCUT2D eigenvalue weighted by Gasteiger charge is 2.23. The fourth-order valence-corrected chi connectivity index (χ4v) is 1.67. The fourth-order valence-electron chi connectivity index (χ4n) is 1.51. The second kappa shape index (κ2) is 6.70. The van der Waals surface area contributed by atoms with Gasteiger partial charge in [-0.3, -0.25) is 9.59 Å². The number of rotatable bonds is 4. The minimum atomic E-state index is -0.825. The number of hydrogen-bond donors (Lipinski definition) is 1. The maximum Gasteiger partial charge on any atom is 0.325 e. The van der Waals surface area contributed by atoms with E-state index in [4.69, 9.17) is 16.3 Å². The lowest BCUT2D eigenvalue weighted by atomic mass is 9.99. The molecule has 0 bridgehead atoms. The van der Waals surface area contributed by atoms with Crippen molar-refractivity contribution in [3.63, 3.8) is 0 Å². The van der Waals surface area contributed by atoms with Crippen LogP contribution in [0.15, 0.2) is 0 Å². The van der Waals surface area contributed by atoms with Gasteiger partial charge in [0.05, 0.1) is 7.11 Å². The van der Waals surface area contributed by atoms with E-state index in [2.05, 4.69) is 10.1 Å². The first-order valence-electron chi connectivity index (χ1n) is 5.22. The molecule has 1 atom stereocenters. The van der Waals surface area contributed by atoms with Crippen molar-refractivity contribution < 1.29 is 19.1 Å². The molecule has 6 heteroatoms. The molecular formula is C10H16ClNO4. The normalized spacial score (nSPS) is 18.9. The smallest absolute Gasteiger partial charge is 0.325 e. The summed E-state index contributed by atoms with van der Waals surface area (Å²) in [6.07, 6.45) is 1.44. The zero-order valence-corrected chi connectivity index (χ0v) is 9.96. The quantitative estimate of drug-likeness (QED) is 0.575. The molecule has 5 nitrogen and oxygen atoms in total. The minimum Gasteiger partial charge on any atom is -0.468 e. The van der Waals surface area contributed by atoms with Crippen molar-refractivity contribution >= 4 is 23.5 Å². The van der Waals surface area contributed by atoms with Crippen LogP contribution in [-0.2, 0) is 19.1 Å². The molecule has 0 aromatic carbocycles. The van der Waals surface area contributed by atoms with Gasteiger partial charge in [-0.2, -0.15) is 0 Å². The molecule has 0 aromatic rings. The van der Waals surface area contributed by atoms with Crippen LogP contribution >= 0.6 is 11.6 Å². The monoisotopic (exact) mass is 249 g/mol. The van der Waals surface area contributed by atoms with Crippen LogP contribution in [0.1, 0.15) is 12.8 Å². The largest absolute Gasteiger partial charge is 0.468 e. The Morgan fingerprint density at radius 2 is 2.12 bits per heavy atom. The summed E-state index contributed by atoms with van der Waals surface area (Å²) in [6, 6.07) is 0. The van der Waals surface area contributed by atoms with Crippen molar-refractivity contribution in [3.8, 4) is 0 Å². The van der Waals surface area contributed by atoms with E-state index in [9.17, 15) is 9.59 Å². The van der Waals surface area contributed by atoms with Crippen LogP contribution < -0.4 is 5.32 Å². The first-order chi connectivity index (χ1) is 7.65. The van der Waals surface area contributed by atoms with Gasteiger partial charge >= 0.3 is 5.97 Å². The van der Waals surface area contributed by atoms with E-state index < -0.39 is 11.3 Å². The van der Waals surface area contributed by atoms with Gasteiger partial charge < -0.3 is 14.8 Å². The van der Waals surface area contributed by atoms with E-state index >= 15 is 0 Å². The Bertz CT molecular complexity index is 253. The summed E-state index contributed by atoms with van der Waals surface area (Å²) in [5.41, 5.74) is 0. The van der Waals surface area contributed by atoms with Gasteiger partial charge in [0.1, 0.15) is 5.38 Å². The number of nitrogens with one attached hydrogen (secondary N) is 1. The molecule has 0 spiro atoms. The third-order valence-electron chi connectivity index (χ3n) is 2.50. The lowest BCUT2D eigenvalue weighted by Crippen LogP contribution is -2.39. The summed E-state index contributed by atoms with van der Waals surface area (Å²) in [5.74, 6) is -0.637. The lowest BCUT2D eigenvalue weighted by molar-refractivity contribution is -0.140. The molecule has 1 aliphatic rings. The van der Waals surface area contributed by atoms with E-state index in [-0.39, 0.29) is 18.4 Å². The standard InChI is InChI=1S/C10H16ClNO4/c1-15-10(14)8(11)6-12-9(13)7-2-4-16-5-3-7/h7-8H,2-6H2,1H3,(H,12,13). The van der Waals surface area contributed by atoms with Crippen LogP contribution in [0.4, 0.5) is 0 Å². The van der Waals surface area contributed by atoms with Crippen molar-refractivity contribution in [2.45, 2.75) is 18.2 Å². The second-order valence-corrected chi connectivity index (χ2v) is 4.15. The maximum atomic E-state index is 11.6. The van der Waals surface area contributed by atoms with Crippen LogP contribution in [0.3, 0.4) is 0 Å². The topological polar surface area (TPSA) is 64.6 Å². The average molecular weight is 250 g/mol. The predicted octanol–water partition coefficient (Wildman–Crippen LogP) is 0.310. The van der Waals surface area contributed by atoms with E-state index in [1.165, 1.54) is 7.11 Å². The van der Waals surface area contributed by atoms with E-state index in [1.54, 1.807) is 0 Å². The fraction of sp³-hybridized carbons (Fsp3) is 0.800. The molecule has 1 N–H and O–H groups in total. The van der Waals surface area contributed by atoms with Crippen LogP contribution in [0, 0.1) is 5.92 Å². The molecule has 0 radical (unpaired) electrons. The molecule has 1 heterocycles. The first kappa shape index (κ1) is 13.3. The number of methoxy groups -OCH3 is 1.